The van der Waals surface area contributed by atoms with Gasteiger partial charge in [-0.05, 0) is 6.07 Å². The van der Waals surface area contributed by atoms with Crippen molar-refractivity contribution >= 4 is 11.6 Å². The van der Waals surface area contributed by atoms with E-state index in [-0.39, 0.29) is 17.3 Å². The molecule has 4 heteroatoms. The molecule has 0 bridgehead atoms. The summed E-state index contributed by atoms with van der Waals surface area (Å²) in [6, 6.07) is 10.5. The van der Waals surface area contributed by atoms with Crippen LogP contribution in [0.4, 0.5) is 4.39 Å². The number of fused-ring (bicyclic) bond motifs is 1. The predicted octanol–water partition coefficient (Wildman–Crippen LogP) is 3.00. The van der Waals surface area contributed by atoms with Gasteiger partial charge in [0.05, 0.1) is 7.11 Å². The van der Waals surface area contributed by atoms with E-state index in [4.69, 9.17) is 4.74 Å². The summed E-state index contributed by atoms with van der Waals surface area (Å²) >= 11 is 0. The van der Waals surface area contributed by atoms with Crippen LogP contribution >= 0.6 is 0 Å². The molecule has 0 saturated heterocycles. The summed E-state index contributed by atoms with van der Waals surface area (Å²) in [5.74, 6) is -1.74. The smallest absolute Gasteiger partial charge is 0.178 e. The average Bonchev–Trinajstić information content (AvgIpc) is 2.72. The fraction of sp³-hybridized carbons (Fsp3) is 0.125. The number of ether oxygens (including phenoxy) is 1. The van der Waals surface area contributed by atoms with Crippen LogP contribution in [0.1, 0.15) is 32.2 Å². The van der Waals surface area contributed by atoms with Crippen LogP contribution in [0.2, 0.25) is 0 Å². The second kappa shape index (κ2) is 4.56. The Hall–Kier alpha value is -2.49. The summed E-state index contributed by atoms with van der Waals surface area (Å²) in [6.07, 6.45) is 0. The molecule has 0 amide bonds. The van der Waals surface area contributed by atoms with Crippen molar-refractivity contribution in [1.82, 2.24) is 0 Å². The van der Waals surface area contributed by atoms with E-state index in [1.165, 1.54) is 25.3 Å². The largest absolute Gasteiger partial charge is 0.496 e. The summed E-state index contributed by atoms with van der Waals surface area (Å²) in [5.41, 5.74) is 1.22. The molecule has 0 aliphatic heterocycles. The summed E-state index contributed by atoms with van der Waals surface area (Å²) in [4.78, 5) is 24.8. The first-order chi connectivity index (χ1) is 9.63. The van der Waals surface area contributed by atoms with Crippen LogP contribution in [0.25, 0.3) is 0 Å². The number of benzene rings is 2. The molecule has 0 fully saturated rings. The van der Waals surface area contributed by atoms with E-state index in [1.54, 1.807) is 24.3 Å². The first-order valence-electron chi connectivity index (χ1n) is 6.14. The molecule has 0 radical (unpaired) electrons. The lowest BCUT2D eigenvalue weighted by Gasteiger charge is -2.12. The molecule has 0 N–H and O–H groups in total. The van der Waals surface area contributed by atoms with Crippen molar-refractivity contribution in [1.29, 1.82) is 0 Å². The van der Waals surface area contributed by atoms with Gasteiger partial charge >= 0.3 is 0 Å². The maximum absolute atomic E-state index is 13.2. The molecule has 0 heterocycles. The molecule has 0 saturated carbocycles. The maximum Gasteiger partial charge on any atom is 0.178 e. The lowest BCUT2D eigenvalue weighted by Crippen LogP contribution is -2.14. The van der Waals surface area contributed by atoms with Crippen molar-refractivity contribution in [3.63, 3.8) is 0 Å². The standard InChI is InChI=1S/C16H11FO3/c1-20-13-8-9(17)6-7-12(13)14-15(18)10-4-2-3-5-11(10)16(14)19/h2-8,14H,1H3. The zero-order valence-corrected chi connectivity index (χ0v) is 10.7. The van der Waals surface area contributed by atoms with Gasteiger partial charge in [0, 0.05) is 22.8 Å². The Morgan fingerprint density at radius 1 is 1.00 bits per heavy atom. The highest BCUT2D eigenvalue weighted by molar-refractivity contribution is 6.29. The molecule has 2 aromatic carbocycles. The van der Waals surface area contributed by atoms with Crippen LogP contribution < -0.4 is 4.74 Å². The first kappa shape index (κ1) is 12.5. The van der Waals surface area contributed by atoms with Gasteiger partial charge in [-0.15, -0.1) is 0 Å². The van der Waals surface area contributed by atoms with Crippen molar-refractivity contribution in [2.75, 3.05) is 7.11 Å². The summed E-state index contributed by atoms with van der Waals surface area (Å²) in [7, 11) is 1.38. The van der Waals surface area contributed by atoms with Gasteiger partial charge in [-0.25, -0.2) is 4.39 Å². The number of carbonyl (C=O) groups excluding carboxylic acids is 2. The van der Waals surface area contributed by atoms with Gasteiger partial charge in [-0.3, -0.25) is 9.59 Å². The van der Waals surface area contributed by atoms with Crippen LogP contribution in [0.3, 0.4) is 0 Å². The average molecular weight is 270 g/mol. The van der Waals surface area contributed by atoms with Gasteiger partial charge in [0.2, 0.25) is 0 Å². The van der Waals surface area contributed by atoms with E-state index < -0.39 is 11.7 Å². The van der Waals surface area contributed by atoms with E-state index >= 15 is 0 Å². The van der Waals surface area contributed by atoms with Gasteiger partial charge in [-0.1, -0.05) is 30.3 Å². The first-order valence-corrected chi connectivity index (χ1v) is 6.14. The molecule has 20 heavy (non-hydrogen) atoms. The van der Waals surface area contributed by atoms with Crippen molar-refractivity contribution < 1.29 is 18.7 Å². The maximum atomic E-state index is 13.2. The third kappa shape index (κ3) is 1.72. The van der Waals surface area contributed by atoms with E-state index in [1.807, 2.05) is 0 Å². The fourth-order valence-corrected chi connectivity index (χ4v) is 2.55. The number of rotatable bonds is 2. The van der Waals surface area contributed by atoms with Crippen molar-refractivity contribution in [3.05, 3.63) is 65.0 Å². The van der Waals surface area contributed by atoms with E-state index in [2.05, 4.69) is 0 Å². The van der Waals surface area contributed by atoms with Crippen LogP contribution in [0.5, 0.6) is 5.75 Å². The van der Waals surface area contributed by atoms with Gasteiger partial charge in [-0.2, -0.15) is 0 Å². The summed E-state index contributed by atoms with van der Waals surface area (Å²) in [6.45, 7) is 0. The molecule has 1 aliphatic rings. The van der Waals surface area contributed by atoms with E-state index in [0.717, 1.165) is 0 Å². The highest BCUT2D eigenvalue weighted by Crippen LogP contribution is 2.38. The third-order valence-electron chi connectivity index (χ3n) is 3.49. The minimum atomic E-state index is -0.942. The van der Waals surface area contributed by atoms with Gasteiger partial charge in [0.1, 0.15) is 17.5 Å². The molecular weight excluding hydrogens is 259 g/mol. The number of methoxy groups -OCH3 is 1. The number of hydrogen-bond donors (Lipinski definition) is 0. The Morgan fingerprint density at radius 3 is 2.15 bits per heavy atom. The zero-order valence-electron chi connectivity index (χ0n) is 10.7. The molecule has 2 aromatic rings. The van der Waals surface area contributed by atoms with Crippen molar-refractivity contribution in [2.45, 2.75) is 5.92 Å². The molecule has 1 aliphatic carbocycles. The molecular formula is C16H11FO3. The quantitative estimate of drug-likeness (QED) is 0.788. The third-order valence-corrected chi connectivity index (χ3v) is 3.49. The molecule has 0 spiro atoms. The number of carbonyl (C=O) groups is 2. The topological polar surface area (TPSA) is 43.4 Å². The summed E-state index contributed by atoms with van der Waals surface area (Å²) in [5, 5.41) is 0. The van der Waals surface area contributed by atoms with Crippen molar-refractivity contribution in [3.8, 4) is 5.75 Å². The predicted molar refractivity (Wildman–Crippen MR) is 70.8 cm³/mol. The molecule has 0 unspecified atom stereocenters. The van der Waals surface area contributed by atoms with Gasteiger partial charge in [0.25, 0.3) is 0 Å². The number of halogens is 1. The monoisotopic (exact) mass is 270 g/mol. The lowest BCUT2D eigenvalue weighted by molar-refractivity contribution is 0.0888. The second-order valence-corrected chi connectivity index (χ2v) is 4.59. The Labute approximate surface area is 115 Å². The van der Waals surface area contributed by atoms with Crippen LogP contribution in [-0.4, -0.2) is 18.7 Å². The Kier molecular flexibility index (Phi) is 2.86. The van der Waals surface area contributed by atoms with Gasteiger partial charge < -0.3 is 4.74 Å². The van der Waals surface area contributed by atoms with Crippen LogP contribution in [0, 0.1) is 5.82 Å². The van der Waals surface area contributed by atoms with Crippen molar-refractivity contribution in [2.24, 2.45) is 0 Å². The Bertz CT molecular complexity index is 686. The van der Waals surface area contributed by atoms with E-state index in [9.17, 15) is 14.0 Å². The molecule has 0 atom stereocenters. The second-order valence-electron chi connectivity index (χ2n) is 4.59. The summed E-state index contributed by atoms with van der Waals surface area (Å²) < 4.78 is 18.3. The molecule has 3 rings (SSSR count). The van der Waals surface area contributed by atoms with Crippen LogP contribution in [0.15, 0.2) is 42.5 Å². The number of hydrogen-bond acceptors (Lipinski definition) is 3. The van der Waals surface area contributed by atoms with E-state index in [0.29, 0.717) is 16.7 Å². The van der Waals surface area contributed by atoms with Crippen LogP contribution in [-0.2, 0) is 0 Å². The minimum absolute atomic E-state index is 0.213. The molecule has 0 aromatic heterocycles. The molecule has 100 valence electrons. The minimum Gasteiger partial charge on any atom is -0.496 e. The van der Waals surface area contributed by atoms with Gasteiger partial charge in [0.15, 0.2) is 11.6 Å². The highest BCUT2D eigenvalue weighted by Gasteiger charge is 2.40. The highest BCUT2D eigenvalue weighted by atomic mass is 19.1. The zero-order chi connectivity index (χ0) is 14.3. The lowest BCUT2D eigenvalue weighted by atomic mass is 9.93. The fourth-order valence-electron chi connectivity index (χ4n) is 2.55. The molecule has 3 nitrogen and oxygen atoms in total. The normalized spacial score (nSPS) is 14.5. The Balaban J connectivity index is 2.14. The number of Topliss-reactive ketones (excluding diaryl/α,β-unsaturated/α-hetero) is 2. The Morgan fingerprint density at radius 2 is 1.60 bits per heavy atom. The number of ketones is 2. The SMILES string of the molecule is COc1cc(F)ccc1C1C(=O)c2ccccc2C1=O.